The minimum Gasteiger partial charge on any atom is -0.478 e. The van der Waals surface area contributed by atoms with Crippen LogP contribution in [0.1, 0.15) is 5.56 Å². The van der Waals surface area contributed by atoms with E-state index in [0.29, 0.717) is 11.3 Å². The average molecular weight is 227 g/mol. The van der Waals surface area contributed by atoms with Gasteiger partial charge in [-0.1, -0.05) is 11.6 Å². The van der Waals surface area contributed by atoms with Crippen molar-refractivity contribution in [2.75, 3.05) is 6.61 Å². The molecule has 0 radical (unpaired) electrons. The Morgan fingerprint density at radius 1 is 1.67 bits per heavy atom. The molecule has 0 N–H and O–H groups in total. The predicted octanol–water partition coefficient (Wildman–Crippen LogP) is 2.46. The van der Waals surface area contributed by atoms with Gasteiger partial charge in [-0.05, 0) is 19.1 Å². The molecule has 5 nitrogen and oxygen atoms in total. The summed E-state index contributed by atoms with van der Waals surface area (Å²) in [5, 5.41) is 19.0. The first-order chi connectivity index (χ1) is 7.07. The van der Waals surface area contributed by atoms with Crippen LogP contribution >= 0.6 is 11.6 Å². The molecule has 15 heavy (non-hydrogen) atoms. The fourth-order valence-corrected chi connectivity index (χ4v) is 1.41. The van der Waals surface area contributed by atoms with Crippen molar-refractivity contribution in [3.05, 3.63) is 32.8 Å². The van der Waals surface area contributed by atoms with E-state index in [-0.39, 0.29) is 17.3 Å². The molecule has 0 atom stereocenters. The lowest BCUT2D eigenvalue weighted by Crippen LogP contribution is -1.99. The van der Waals surface area contributed by atoms with Crippen LogP contribution in [0.5, 0.6) is 5.75 Å². The number of nitriles is 1. The number of hydrogen-bond acceptors (Lipinski definition) is 4. The zero-order valence-corrected chi connectivity index (χ0v) is 8.61. The third-order valence-corrected chi connectivity index (χ3v) is 2.11. The first-order valence-corrected chi connectivity index (χ1v) is 4.39. The molecule has 1 rings (SSSR count). The number of nitro benzene ring substituents is 1. The number of rotatable bonds is 3. The van der Waals surface area contributed by atoms with E-state index in [1.165, 1.54) is 19.1 Å². The molecule has 0 aliphatic carbocycles. The maximum Gasteiger partial charge on any atom is 0.294 e. The van der Waals surface area contributed by atoms with Crippen LogP contribution in [0, 0.1) is 28.4 Å². The van der Waals surface area contributed by atoms with Crippen LogP contribution in [0.15, 0.2) is 12.1 Å². The Kier molecular flexibility index (Phi) is 3.47. The second-order valence-corrected chi connectivity index (χ2v) is 3.13. The highest BCUT2D eigenvalue weighted by Gasteiger charge is 2.19. The fraction of sp³-hybridized carbons (Fsp3) is 0.222. The summed E-state index contributed by atoms with van der Waals surface area (Å²) in [6, 6.07) is 4.66. The van der Waals surface area contributed by atoms with Gasteiger partial charge >= 0.3 is 0 Å². The minimum atomic E-state index is -0.573. The molecule has 0 bridgehead atoms. The summed E-state index contributed by atoms with van der Waals surface area (Å²) in [7, 11) is 0. The summed E-state index contributed by atoms with van der Waals surface area (Å²) >= 11 is 5.67. The molecular weight excluding hydrogens is 220 g/mol. The van der Waals surface area contributed by atoms with E-state index in [1.54, 1.807) is 6.07 Å². The molecule has 0 spiro atoms. The van der Waals surface area contributed by atoms with Crippen LogP contribution < -0.4 is 4.74 Å². The summed E-state index contributed by atoms with van der Waals surface area (Å²) in [4.78, 5) is 10.1. The number of hydrogen-bond donors (Lipinski definition) is 0. The van der Waals surface area contributed by atoms with Crippen molar-refractivity contribution >= 4 is 17.3 Å². The Morgan fingerprint density at radius 2 is 2.33 bits per heavy atom. The zero-order valence-electron chi connectivity index (χ0n) is 7.86. The number of nitrogens with zero attached hydrogens (tertiary/aromatic N) is 2. The topological polar surface area (TPSA) is 76.2 Å². The molecule has 0 saturated carbocycles. The second kappa shape index (κ2) is 4.62. The van der Waals surface area contributed by atoms with E-state index in [9.17, 15) is 10.1 Å². The van der Waals surface area contributed by atoms with Gasteiger partial charge in [0.05, 0.1) is 10.5 Å². The molecule has 1 aromatic rings. The van der Waals surface area contributed by atoms with E-state index < -0.39 is 4.92 Å². The van der Waals surface area contributed by atoms with Crippen LogP contribution in [-0.2, 0) is 0 Å². The van der Waals surface area contributed by atoms with Crippen LogP contribution in [0.4, 0.5) is 5.69 Å². The number of nitro groups is 1. The third-order valence-electron chi connectivity index (χ3n) is 1.81. The molecule has 0 aliphatic heterocycles. The summed E-state index contributed by atoms with van der Waals surface area (Å²) in [5.41, 5.74) is 0.134. The van der Waals surface area contributed by atoms with Gasteiger partial charge in [0.25, 0.3) is 5.69 Å². The Labute approximate surface area is 91.0 Å². The van der Waals surface area contributed by atoms with Crippen molar-refractivity contribution in [3.8, 4) is 11.8 Å². The lowest BCUT2D eigenvalue weighted by Gasteiger charge is -2.06. The highest BCUT2D eigenvalue weighted by molar-refractivity contribution is 6.32. The van der Waals surface area contributed by atoms with E-state index in [2.05, 4.69) is 0 Å². The second-order valence-electron chi connectivity index (χ2n) is 2.72. The van der Waals surface area contributed by atoms with Gasteiger partial charge in [0.15, 0.2) is 6.61 Å². The first kappa shape index (κ1) is 11.3. The first-order valence-electron chi connectivity index (χ1n) is 4.01. The minimum absolute atomic E-state index is 0.0572. The molecule has 0 unspecified atom stereocenters. The van der Waals surface area contributed by atoms with Crippen molar-refractivity contribution in [1.82, 2.24) is 0 Å². The van der Waals surface area contributed by atoms with E-state index in [0.717, 1.165) is 0 Å². The highest BCUT2D eigenvalue weighted by atomic mass is 35.5. The lowest BCUT2D eigenvalue weighted by atomic mass is 10.2. The van der Waals surface area contributed by atoms with Crippen LogP contribution in [0.2, 0.25) is 5.02 Å². The van der Waals surface area contributed by atoms with Crippen molar-refractivity contribution in [2.24, 2.45) is 0 Å². The molecule has 0 saturated heterocycles. The van der Waals surface area contributed by atoms with Gasteiger partial charge in [0.1, 0.15) is 16.8 Å². The van der Waals surface area contributed by atoms with Crippen molar-refractivity contribution in [3.63, 3.8) is 0 Å². The lowest BCUT2D eigenvalue weighted by molar-refractivity contribution is -0.385. The van der Waals surface area contributed by atoms with E-state index >= 15 is 0 Å². The maximum atomic E-state index is 10.7. The summed E-state index contributed by atoms with van der Waals surface area (Å²) in [6.07, 6.45) is 0. The standard InChI is InChI=1S/C9H7ClN2O3/c1-6-8(15-5-4-11)3-2-7(10)9(6)12(13)14/h2-3H,5H2,1H3. The zero-order chi connectivity index (χ0) is 11.4. The van der Waals surface area contributed by atoms with Gasteiger partial charge in [0, 0.05) is 0 Å². The normalized spacial score (nSPS) is 9.40. The molecule has 0 heterocycles. The van der Waals surface area contributed by atoms with Crippen LogP contribution in [-0.4, -0.2) is 11.5 Å². The molecule has 6 heteroatoms. The summed E-state index contributed by atoms with van der Waals surface area (Å²) in [5.74, 6) is 0.299. The summed E-state index contributed by atoms with van der Waals surface area (Å²) < 4.78 is 5.01. The maximum absolute atomic E-state index is 10.7. The SMILES string of the molecule is Cc1c(OCC#N)ccc(Cl)c1[N+](=O)[O-]. The fourth-order valence-electron chi connectivity index (χ4n) is 1.14. The highest BCUT2D eigenvalue weighted by Crippen LogP contribution is 2.34. The van der Waals surface area contributed by atoms with Crippen molar-refractivity contribution in [1.29, 1.82) is 5.26 Å². The Hall–Kier alpha value is -1.80. The molecule has 0 fully saturated rings. The molecule has 1 aromatic carbocycles. The van der Waals surface area contributed by atoms with Gasteiger partial charge in [-0.15, -0.1) is 0 Å². The monoisotopic (exact) mass is 226 g/mol. The van der Waals surface area contributed by atoms with E-state index in [1.807, 2.05) is 0 Å². The third kappa shape index (κ3) is 2.36. The quantitative estimate of drug-likeness (QED) is 0.586. The van der Waals surface area contributed by atoms with Gasteiger partial charge in [0.2, 0.25) is 0 Å². The van der Waals surface area contributed by atoms with E-state index in [4.69, 9.17) is 21.6 Å². The smallest absolute Gasteiger partial charge is 0.294 e. The van der Waals surface area contributed by atoms with Gasteiger partial charge < -0.3 is 4.74 Å². The largest absolute Gasteiger partial charge is 0.478 e. The molecule has 0 amide bonds. The Morgan fingerprint density at radius 3 is 2.87 bits per heavy atom. The van der Waals surface area contributed by atoms with Crippen LogP contribution in [0.3, 0.4) is 0 Å². The number of halogens is 1. The number of ether oxygens (including phenoxy) is 1. The van der Waals surface area contributed by atoms with Crippen LogP contribution in [0.25, 0.3) is 0 Å². The van der Waals surface area contributed by atoms with Crippen molar-refractivity contribution in [2.45, 2.75) is 6.92 Å². The Balaban J connectivity index is 3.17. The molecule has 0 aliphatic rings. The molecular formula is C9H7ClN2O3. The van der Waals surface area contributed by atoms with Crippen molar-refractivity contribution < 1.29 is 9.66 Å². The Bertz CT molecular complexity index is 440. The van der Waals surface area contributed by atoms with Gasteiger partial charge in [-0.2, -0.15) is 5.26 Å². The molecule has 0 aromatic heterocycles. The van der Waals surface area contributed by atoms with Gasteiger partial charge in [-0.3, -0.25) is 10.1 Å². The van der Waals surface area contributed by atoms with Gasteiger partial charge in [-0.25, -0.2) is 0 Å². The average Bonchev–Trinajstić information content (AvgIpc) is 2.16. The number of benzene rings is 1. The predicted molar refractivity (Wildman–Crippen MR) is 54.0 cm³/mol. The molecule has 78 valence electrons. The summed E-state index contributed by atoms with van der Waals surface area (Å²) in [6.45, 7) is 1.37.